The zero-order valence-electron chi connectivity index (χ0n) is 12.5. The zero-order chi connectivity index (χ0) is 16.5. The topological polar surface area (TPSA) is 91.0 Å². The molecule has 2 aromatic heterocycles. The number of thiazole rings is 2. The van der Waals surface area contributed by atoms with Crippen molar-refractivity contribution in [1.29, 1.82) is 0 Å². The summed E-state index contributed by atoms with van der Waals surface area (Å²) in [5.41, 5.74) is 1.32. The SMILES string of the molecule is O=C(O)c1nc2ccc(/N=N/c3cnc(N4CCCC4)s3)cc2s1. The van der Waals surface area contributed by atoms with Crippen molar-refractivity contribution in [2.45, 2.75) is 12.8 Å². The molecule has 0 saturated carbocycles. The highest BCUT2D eigenvalue weighted by Crippen LogP contribution is 2.33. The van der Waals surface area contributed by atoms with E-state index in [0.29, 0.717) is 11.2 Å². The molecule has 1 aromatic carbocycles. The molecule has 0 atom stereocenters. The van der Waals surface area contributed by atoms with Gasteiger partial charge in [0, 0.05) is 13.1 Å². The molecule has 0 aliphatic carbocycles. The monoisotopic (exact) mass is 359 g/mol. The average Bonchev–Trinajstić information content (AvgIpc) is 3.30. The van der Waals surface area contributed by atoms with Crippen molar-refractivity contribution in [3.05, 3.63) is 29.4 Å². The summed E-state index contributed by atoms with van der Waals surface area (Å²) < 4.78 is 0.783. The van der Waals surface area contributed by atoms with Crippen LogP contribution in [-0.4, -0.2) is 34.1 Å². The van der Waals surface area contributed by atoms with Crippen LogP contribution in [0.2, 0.25) is 0 Å². The summed E-state index contributed by atoms with van der Waals surface area (Å²) in [6, 6.07) is 5.33. The molecule has 0 amide bonds. The standard InChI is InChI=1S/C15H13N5O2S2/c21-14(22)13-17-10-4-3-9(7-11(10)23-13)18-19-12-8-16-15(24-12)20-5-1-2-6-20/h3-4,7-8H,1-2,5-6H2,(H,21,22)/b19-18+. The molecule has 3 aromatic rings. The minimum absolute atomic E-state index is 0.0804. The number of benzene rings is 1. The van der Waals surface area contributed by atoms with E-state index in [4.69, 9.17) is 5.11 Å². The number of aromatic carboxylic acids is 1. The number of nitrogens with zero attached hydrogens (tertiary/aromatic N) is 5. The van der Waals surface area contributed by atoms with Crippen LogP contribution in [0.15, 0.2) is 34.6 Å². The first kappa shape index (κ1) is 15.2. The Kier molecular flexibility index (Phi) is 3.95. The van der Waals surface area contributed by atoms with Crippen molar-refractivity contribution in [3.63, 3.8) is 0 Å². The van der Waals surface area contributed by atoms with Gasteiger partial charge in [-0.3, -0.25) is 0 Å². The number of carbonyl (C=O) groups is 1. The van der Waals surface area contributed by atoms with Gasteiger partial charge in [-0.15, -0.1) is 21.6 Å². The Morgan fingerprint density at radius 1 is 1.21 bits per heavy atom. The molecule has 1 N–H and O–H groups in total. The van der Waals surface area contributed by atoms with Crippen LogP contribution in [0, 0.1) is 0 Å². The number of carboxylic acids is 1. The van der Waals surface area contributed by atoms with Crippen LogP contribution in [-0.2, 0) is 0 Å². The molecule has 24 heavy (non-hydrogen) atoms. The molecule has 7 nitrogen and oxygen atoms in total. The number of rotatable bonds is 4. The minimum Gasteiger partial charge on any atom is -0.476 e. The Balaban J connectivity index is 1.54. The molecule has 0 spiro atoms. The first-order valence-electron chi connectivity index (χ1n) is 7.45. The first-order valence-corrected chi connectivity index (χ1v) is 9.09. The lowest BCUT2D eigenvalue weighted by atomic mass is 10.3. The van der Waals surface area contributed by atoms with Crippen LogP contribution in [0.4, 0.5) is 15.8 Å². The van der Waals surface area contributed by atoms with E-state index in [1.807, 2.05) is 0 Å². The summed E-state index contributed by atoms with van der Waals surface area (Å²) >= 11 is 2.66. The second-order valence-corrected chi connectivity index (χ2v) is 7.37. The van der Waals surface area contributed by atoms with Crippen LogP contribution in [0.25, 0.3) is 10.2 Å². The number of anilines is 1. The molecular formula is C15H13N5O2S2. The number of carboxylic acid groups (broad SMARTS) is 1. The van der Waals surface area contributed by atoms with Gasteiger partial charge in [0.15, 0.2) is 10.1 Å². The fourth-order valence-electron chi connectivity index (χ4n) is 2.53. The van der Waals surface area contributed by atoms with Crippen LogP contribution in [0.3, 0.4) is 0 Å². The van der Waals surface area contributed by atoms with Crippen molar-refractivity contribution in [3.8, 4) is 0 Å². The van der Waals surface area contributed by atoms with E-state index in [1.54, 1.807) is 24.4 Å². The lowest BCUT2D eigenvalue weighted by Crippen LogP contribution is -2.16. The molecule has 0 unspecified atom stereocenters. The molecule has 4 rings (SSSR count). The molecule has 3 heterocycles. The van der Waals surface area contributed by atoms with Gasteiger partial charge in [-0.1, -0.05) is 11.3 Å². The summed E-state index contributed by atoms with van der Waals surface area (Å²) in [7, 11) is 0. The molecule has 1 aliphatic rings. The third-order valence-corrected chi connectivity index (χ3v) is 5.63. The normalized spacial score (nSPS) is 14.9. The Hall–Kier alpha value is -2.39. The molecule has 0 bridgehead atoms. The highest BCUT2D eigenvalue weighted by molar-refractivity contribution is 7.20. The van der Waals surface area contributed by atoms with Crippen molar-refractivity contribution >= 4 is 54.7 Å². The molecule has 9 heteroatoms. The predicted octanol–water partition coefficient (Wildman–Crippen LogP) is 4.47. The average molecular weight is 359 g/mol. The lowest BCUT2D eigenvalue weighted by Gasteiger charge is -2.11. The van der Waals surface area contributed by atoms with Crippen molar-refractivity contribution in [2.75, 3.05) is 18.0 Å². The van der Waals surface area contributed by atoms with Crippen LogP contribution in [0.1, 0.15) is 22.6 Å². The van der Waals surface area contributed by atoms with Crippen LogP contribution in [0.5, 0.6) is 0 Å². The number of aromatic nitrogens is 2. The second-order valence-electron chi connectivity index (χ2n) is 5.35. The van der Waals surface area contributed by atoms with Gasteiger partial charge >= 0.3 is 5.97 Å². The maximum atomic E-state index is 11.0. The predicted molar refractivity (Wildman–Crippen MR) is 94.3 cm³/mol. The molecule has 1 fully saturated rings. The highest BCUT2D eigenvalue weighted by Gasteiger charge is 2.15. The van der Waals surface area contributed by atoms with Crippen molar-refractivity contribution < 1.29 is 9.90 Å². The number of azo groups is 1. The maximum Gasteiger partial charge on any atom is 0.365 e. The Bertz CT molecular complexity index is 927. The third-order valence-electron chi connectivity index (χ3n) is 3.68. The van der Waals surface area contributed by atoms with E-state index < -0.39 is 5.97 Å². The summed E-state index contributed by atoms with van der Waals surface area (Å²) in [5.74, 6) is -1.02. The zero-order valence-corrected chi connectivity index (χ0v) is 14.2. The van der Waals surface area contributed by atoms with Crippen molar-refractivity contribution in [1.82, 2.24) is 9.97 Å². The number of fused-ring (bicyclic) bond motifs is 1. The molecule has 1 aliphatic heterocycles. The van der Waals surface area contributed by atoms with Gasteiger partial charge in [0.1, 0.15) is 0 Å². The van der Waals surface area contributed by atoms with Crippen LogP contribution >= 0.6 is 22.7 Å². The fraction of sp³-hybridized carbons (Fsp3) is 0.267. The van der Waals surface area contributed by atoms with Gasteiger partial charge in [0.2, 0.25) is 5.01 Å². The number of hydrogen-bond donors (Lipinski definition) is 1. The minimum atomic E-state index is -1.02. The van der Waals surface area contributed by atoms with E-state index in [2.05, 4.69) is 25.1 Å². The van der Waals surface area contributed by atoms with E-state index in [0.717, 1.165) is 39.3 Å². The third kappa shape index (κ3) is 3.00. The summed E-state index contributed by atoms with van der Waals surface area (Å²) in [4.78, 5) is 21.7. The molecular weight excluding hydrogens is 346 g/mol. The Morgan fingerprint density at radius 3 is 2.83 bits per heavy atom. The molecule has 122 valence electrons. The van der Waals surface area contributed by atoms with Gasteiger partial charge in [-0.05, 0) is 31.0 Å². The quantitative estimate of drug-likeness (QED) is 0.694. The molecule has 0 radical (unpaired) electrons. The van der Waals surface area contributed by atoms with E-state index in [1.165, 1.54) is 24.2 Å². The first-order chi connectivity index (χ1) is 11.7. The maximum absolute atomic E-state index is 11.0. The summed E-state index contributed by atoms with van der Waals surface area (Å²) in [6.45, 7) is 2.11. The lowest BCUT2D eigenvalue weighted by molar-refractivity contribution is 0.0696. The van der Waals surface area contributed by atoms with Gasteiger partial charge in [0.05, 0.1) is 22.1 Å². The number of hydrogen-bond acceptors (Lipinski definition) is 8. The Morgan fingerprint density at radius 2 is 2.04 bits per heavy atom. The van der Waals surface area contributed by atoms with Gasteiger partial charge < -0.3 is 10.0 Å². The van der Waals surface area contributed by atoms with Crippen LogP contribution < -0.4 is 4.90 Å². The summed E-state index contributed by atoms with van der Waals surface area (Å²) in [5, 5.41) is 19.3. The van der Waals surface area contributed by atoms with Gasteiger partial charge in [-0.2, -0.15) is 0 Å². The summed E-state index contributed by atoms with van der Waals surface area (Å²) in [6.07, 6.45) is 4.16. The Labute approximate surface area is 145 Å². The second kappa shape index (κ2) is 6.25. The largest absolute Gasteiger partial charge is 0.476 e. The molecule has 1 saturated heterocycles. The highest BCUT2D eigenvalue weighted by atomic mass is 32.1. The smallest absolute Gasteiger partial charge is 0.365 e. The van der Waals surface area contributed by atoms with Gasteiger partial charge in [-0.25, -0.2) is 14.8 Å². The van der Waals surface area contributed by atoms with E-state index in [9.17, 15) is 4.79 Å². The van der Waals surface area contributed by atoms with Crippen molar-refractivity contribution in [2.24, 2.45) is 10.2 Å². The van der Waals surface area contributed by atoms with E-state index in [-0.39, 0.29) is 5.01 Å². The van der Waals surface area contributed by atoms with Gasteiger partial charge in [0.25, 0.3) is 0 Å². The fourth-order valence-corrected chi connectivity index (χ4v) is 4.16. The van der Waals surface area contributed by atoms with E-state index >= 15 is 0 Å².